The van der Waals surface area contributed by atoms with Crippen LogP contribution in [0.25, 0.3) is 10.2 Å². The minimum Gasteiger partial charge on any atom is -0.378 e. The fourth-order valence-electron chi connectivity index (χ4n) is 3.61. The Kier molecular flexibility index (Phi) is 5.38. The molecule has 0 bridgehead atoms. The number of morpholine rings is 2. The lowest BCUT2D eigenvalue weighted by molar-refractivity contribution is -0.138. The first-order chi connectivity index (χ1) is 13.2. The van der Waals surface area contributed by atoms with Gasteiger partial charge in [0.15, 0.2) is 0 Å². The zero-order valence-electron chi connectivity index (χ0n) is 15.3. The van der Waals surface area contributed by atoms with Gasteiger partial charge in [-0.2, -0.15) is 0 Å². The van der Waals surface area contributed by atoms with E-state index in [0.717, 1.165) is 15.8 Å². The highest BCUT2D eigenvalue weighted by Gasteiger charge is 2.33. The number of hydrogen-bond donors (Lipinski definition) is 0. The van der Waals surface area contributed by atoms with Crippen molar-refractivity contribution >= 4 is 33.4 Å². The molecule has 2 aromatic heterocycles. The van der Waals surface area contributed by atoms with Crippen LogP contribution in [-0.2, 0) is 14.3 Å². The molecule has 2 saturated heterocycles. The Morgan fingerprint density at radius 3 is 2.78 bits per heavy atom. The van der Waals surface area contributed by atoms with E-state index in [1.807, 2.05) is 28.9 Å². The molecule has 8 heteroatoms. The number of carbonyl (C=O) groups is 2. The number of thiophene rings is 1. The van der Waals surface area contributed by atoms with Crippen molar-refractivity contribution in [2.75, 3.05) is 46.0 Å². The van der Waals surface area contributed by atoms with E-state index in [9.17, 15) is 9.59 Å². The van der Waals surface area contributed by atoms with Crippen LogP contribution >= 0.6 is 11.3 Å². The summed E-state index contributed by atoms with van der Waals surface area (Å²) in [6, 6.07) is 3.85. The van der Waals surface area contributed by atoms with E-state index in [1.54, 1.807) is 6.20 Å². The average molecular weight is 389 g/mol. The van der Waals surface area contributed by atoms with Crippen LogP contribution in [0.3, 0.4) is 0 Å². The van der Waals surface area contributed by atoms with E-state index in [4.69, 9.17) is 9.47 Å². The summed E-state index contributed by atoms with van der Waals surface area (Å²) in [7, 11) is 0. The third-order valence-corrected chi connectivity index (χ3v) is 6.16. The summed E-state index contributed by atoms with van der Waals surface area (Å²) in [5.41, 5.74) is 0.869. The summed E-state index contributed by atoms with van der Waals surface area (Å²) < 4.78 is 11.4. The van der Waals surface area contributed by atoms with Crippen molar-refractivity contribution in [1.29, 1.82) is 0 Å². The third kappa shape index (κ3) is 3.56. The van der Waals surface area contributed by atoms with Crippen molar-refractivity contribution in [3.8, 4) is 0 Å². The van der Waals surface area contributed by atoms with E-state index in [-0.39, 0.29) is 17.9 Å². The second-order valence-corrected chi connectivity index (χ2v) is 7.66. The maximum atomic E-state index is 13.2. The fraction of sp³-hybridized carbons (Fsp3) is 0.526. The molecule has 7 nitrogen and oxygen atoms in total. The number of ether oxygens (including phenoxy) is 2. The Bertz CT molecular complexity index is 847. The second kappa shape index (κ2) is 7.92. The Morgan fingerprint density at radius 2 is 2.00 bits per heavy atom. The maximum Gasteiger partial charge on any atom is 0.264 e. The summed E-state index contributed by atoms with van der Waals surface area (Å²) in [6.45, 7) is 5.69. The number of fused-ring (bicyclic) bond motifs is 1. The molecule has 144 valence electrons. The van der Waals surface area contributed by atoms with Crippen LogP contribution in [0.5, 0.6) is 0 Å². The van der Waals surface area contributed by atoms with E-state index in [1.165, 1.54) is 11.3 Å². The SMILES string of the molecule is CCC(=O)N1CCO[C@H](c2c(C(=O)N3CCOCC3)sc3ncccc23)C1. The van der Waals surface area contributed by atoms with Crippen LogP contribution in [0.15, 0.2) is 18.3 Å². The molecule has 2 aromatic rings. The first kappa shape index (κ1) is 18.3. The van der Waals surface area contributed by atoms with Gasteiger partial charge in [0.05, 0.1) is 26.4 Å². The zero-order valence-corrected chi connectivity index (χ0v) is 16.2. The summed E-state index contributed by atoms with van der Waals surface area (Å²) in [5, 5.41) is 0.940. The van der Waals surface area contributed by atoms with Crippen molar-refractivity contribution in [1.82, 2.24) is 14.8 Å². The van der Waals surface area contributed by atoms with Gasteiger partial charge in [0.25, 0.3) is 5.91 Å². The van der Waals surface area contributed by atoms with Crippen LogP contribution in [0.2, 0.25) is 0 Å². The molecular weight excluding hydrogens is 366 g/mol. The number of pyridine rings is 1. The van der Waals surface area contributed by atoms with Crippen LogP contribution in [0.1, 0.15) is 34.7 Å². The third-order valence-electron chi connectivity index (χ3n) is 5.04. The summed E-state index contributed by atoms with van der Waals surface area (Å²) in [6.07, 6.45) is 1.89. The van der Waals surface area contributed by atoms with Gasteiger partial charge in [0.1, 0.15) is 15.8 Å². The highest BCUT2D eigenvalue weighted by atomic mass is 32.1. The average Bonchev–Trinajstić information content (AvgIpc) is 3.13. The van der Waals surface area contributed by atoms with Crippen LogP contribution in [0, 0.1) is 0 Å². The highest BCUT2D eigenvalue weighted by Crippen LogP contribution is 2.38. The minimum atomic E-state index is -0.313. The molecule has 27 heavy (non-hydrogen) atoms. The summed E-state index contributed by atoms with van der Waals surface area (Å²) in [5.74, 6) is 0.112. The second-order valence-electron chi connectivity index (χ2n) is 6.66. The maximum absolute atomic E-state index is 13.2. The molecule has 2 fully saturated rings. The van der Waals surface area contributed by atoms with Gasteiger partial charge >= 0.3 is 0 Å². The Labute approximate surface area is 161 Å². The van der Waals surface area contributed by atoms with Gasteiger partial charge in [-0.3, -0.25) is 9.59 Å². The molecular formula is C19H23N3O4S. The minimum absolute atomic E-state index is 0.00107. The molecule has 2 aliphatic heterocycles. The number of nitrogens with zero attached hydrogens (tertiary/aromatic N) is 3. The molecule has 0 spiro atoms. The smallest absolute Gasteiger partial charge is 0.264 e. The van der Waals surface area contributed by atoms with Crippen molar-refractivity contribution in [2.45, 2.75) is 19.4 Å². The van der Waals surface area contributed by atoms with Gasteiger partial charge in [-0.25, -0.2) is 4.98 Å². The van der Waals surface area contributed by atoms with Crippen LogP contribution < -0.4 is 0 Å². The van der Waals surface area contributed by atoms with Crippen molar-refractivity contribution in [3.63, 3.8) is 0 Å². The number of rotatable bonds is 3. The number of carbonyl (C=O) groups excluding carboxylic acids is 2. The van der Waals surface area contributed by atoms with Gasteiger partial charge in [-0.15, -0.1) is 11.3 Å². The molecule has 0 N–H and O–H groups in total. The summed E-state index contributed by atoms with van der Waals surface area (Å²) in [4.78, 5) is 35.0. The first-order valence-electron chi connectivity index (χ1n) is 9.33. The first-order valence-corrected chi connectivity index (χ1v) is 10.1. The van der Waals surface area contributed by atoms with Gasteiger partial charge in [0, 0.05) is 43.2 Å². The lowest BCUT2D eigenvalue weighted by Gasteiger charge is -2.34. The van der Waals surface area contributed by atoms with Crippen molar-refractivity contribution in [3.05, 3.63) is 28.8 Å². The number of aromatic nitrogens is 1. The lowest BCUT2D eigenvalue weighted by atomic mass is 10.0. The van der Waals surface area contributed by atoms with Crippen LogP contribution in [0.4, 0.5) is 0 Å². The molecule has 1 atom stereocenters. The van der Waals surface area contributed by atoms with Gasteiger partial charge in [-0.1, -0.05) is 13.0 Å². The standard InChI is InChI=1S/C19H23N3O4S/c1-2-15(23)22-8-11-26-14(12-22)16-13-4-3-5-20-18(13)27-17(16)19(24)21-6-9-25-10-7-21/h3-5,14H,2,6-12H2,1H3/t14-/m0/s1. The lowest BCUT2D eigenvalue weighted by Crippen LogP contribution is -2.43. The number of amides is 2. The van der Waals surface area contributed by atoms with Crippen molar-refractivity contribution < 1.29 is 19.1 Å². The molecule has 0 unspecified atom stereocenters. The van der Waals surface area contributed by atoms with E-state index < -0.39 is 0 Å². The molecule has 0 aliphatic carbocycles. The largest absolute Gasteiger partial charge is 0.378 e. The van der Waals surface area contributed by atoms with E-state index >= 15 is 0 Å². The fourth-order valence-corrected chi connectivity index (χ4v) is 4.78. The van der Waals surface area contributed by atoms with Gasteiger partial charge in [-0.05, 0) is 6.07 Å². The normalized spacial score (nSPS) is 20.9. The Balaban J connectivity index is 1.72. The van der Waals surface area contributed by atoms with Gasteiger partial charge in [0.2, 0.25) is 5.91 Å². The summed E-state index contributed by atoms with van der Waals surface area (Å²) >= 11 is 1.41. The van der Waals surface area contributed by atoms with Gasteiger partial charge < -0.3 is 19.3 Å². The molecule has 0 aromatic carbocycles. The monoisotopic (exact) mass is 389 g/mol. The quantitative estimate of drug-likeness (QED) is 0.804. The van der Waals surface area contributed by atoms with Crippen molar-refractivity contribution in [2.24, 2.45) is 0 Å². The van der Waals surface area contributed by atoms with E-state index in [0.29, 0.717) is 57.3 Å². The molecule has 2 aliphatic rings. The molecule has 0 radical (unpaired) electrons. The zero-order chi connectivity index (χ0) is 18.8. The highest BCUT2D eigenvalue weighted by molar-refractivity contribution is 7.20. The molecule has 2 amide bonds. The Hall–Kier alpha value is -2.03. The number of hydrogen-bond acceptors (Lipinski definition) is 6. The predicted molar refractivity (Wildman–Crippen MR) is 102 cm³/mol. The van der Waals surface area contributed by atoms with Crippen LogP contribution in [-0.4, -0.2) is 72.6 Å². The topological polar surface area (TPSA) is 72.0 Å². The predicted octanol–water partition coefficient (Wildman–Crippen LogP) is 2.08. The Morgan fingerprint density at radius 1 is 1.22 bits per heavy atom. The molecule has 4 heterocycles. The molecule has 4 rings (SSSR count). The molecule has 0 saturated carbocycles. The van der Waals surface area contributed by atoms with E-state index in [2.05, 4.69) is 4.98 Å².